The van der Waals surface area contributed by atoms with Crippen molar-refractivity contribution in [3.8, 4) is 0 Å². The second-order valence-corrected chi connectivity index (χ2v) is 3.65. The first-order valence-electron chi connectivity index (χ1n) is 5.56. The lowest BCUT2D eigenvalue weighted by Crippen LogP contribution is -2.12. The van der Waals surface area contributed by atoms with Crippen molar-refractivity contribution >= 4 is 5.97 Å². The van der Waals surface area contributed by atoms with Crippen LogP contribution in [0.1, 0.15) is 52.4 Å². The Hall–Kier alpha value is -0.790. The molecule has 2 nitrogen and oxygen atoms in total. The molecule has 1 N–H and O–H groups in total. The van der Waals surface area contributed by atoms with E-state index in [1.54, 1.807) is 0 Å². The first kappa shape index (κ1) is 13.2. The van der Waals surface area contributed by atoms with Crippen LogP contribution in [0.4, 0.5) is 0 Å². The van der Waals surface area contributed by atoms with Gasteiger partial charge in [-0.25, -0.2) is 0 Å². The van der Waals surface area contributed by atoms with E-state index < -0.39 is 5.97 Å². The number of carbonyl (C=O) groups is 1. The van der Waals surface area contributed by atoms with E-state index in [-0.39, 0.29) is 5.92 Å². The number of hydrogen-bond donors (Lipinski definition) is 1. The fraction of sp³-hybridized carbons (Fsp3) is 0.750. The summed E-state index contributed by atoms with van der Waals surface area (Å²) < 4.78 is 0. The zero-order chi connectivity index (χ0) is 10.8. The van der Waals surface area contributed by atoms with Gasteiger partial charge in [0, 0.05) is 0 Å². The highest BCUT2D eigenvalue weighted by Gasteiger charge is 2.13. The van der Waals surface area contributed by atoms with Crippen LogP contribution in [-0.4, -0.2) is 11.1 Å². The lowest BCUT2D eigenvalue weighted by atomic mass is 9.98. The number of carboxylic acid groups (broad SMARTS) is 1. The second kappa shape index (κ2) is 8.79. The van der Waals surface area contributed by atoms with E-state index in [1.165, 1.54) is 6.42 Å². The van der Waals surface area contributed by atoms with Crippen LogP contribution in [0.25, 0.3) is 0 Å². The van der Waals surface area contributed by atoms with Crippen LogP contribution in [0, 0.1) is 5.92 Å². The maximum atomic E-state index is 10.7. The molecular formula is C12H22O2. The van der Waals surface area contributed by atoms with Gasteiger partial charge in [0.25, 0.3) is 0 Å². The summed E-state index contributed by atoms with van der Waals surface area (Å²) in [5.41, 5.74) is 0. The Kier molecular flexibility index (Phi) is 8.30. The highest BCUT2D eigenvalue weighted by atomic mass is 16.4. The van der Waals surface area contributed by atoms with Crippen LogP contribution in [0.15, 0.2) is 12.2 Å². The van der Waals surface area contributed by atoms with Crippen molar-refractivity contribution in [2.75, 3.05) is 0 Å². The molecule has 0 fully saturated rings. The molecule has 0 amide bonds. The number of allylic oxidation sites excluding steroid dienone is 2. The van der Waals surface area contributed by atoms with Gasteiger partial charge in [-0.1, -0.05) is 31.9 Å². The molecule has 0 aromatic carbocycles. The molecule has 0 rings (SSSR count). The minimum atomic E-state index is -0.638. The van der Waals surface area contributed by atoms with Crippen molar-refractivity contribution in [2.24, 2.45) is 5.92 Å². The van der Waals surface area contributed by atoms with Crippen molar-refractivity contribution in [3.05, 3.63) is 12.2 Å². The summed E-state index contributed by atoms with van der Waals surface area (Å²) in [5, 5.41) is 8.80. The van der Waals surface area contributed by atoms with Gasteiger partial charge in [-0.05, 0) is 32.6 Å². The predicted molar refractivity (Wildman–Crippen MR) is 59.3 cm³/mol. The third kappa shape index (κ3) is 6.70. The third-order valence-corrected chi connectivity index (χ3v) is 2.50. The topological polar surface area (TPSA) is 37.3 Å². The van der Waals surface area contributed by atoms with E-state index in [4.69, 9.17) is 5.11 Å². The van der Waals surface area contributed by atoms with Crippen molar-refractivity contribution in [1.82, 2.24) is 0 Å². The smallest absolute Gasteiger partial charge is 0.306 e. The minimum absolute atomic E-state index is 0.128. The molecule has 82 valence electrons. The van der Waals surface area contributed by atoms with E-state index in [0.717, 1.165) is 32.1 Å². The number of hydrogen-bond acceptors (Lipinski definition) is 1. The van der Waals surface area contributed by atoms with Crippen molar-refractivity contribution in [3.63, 3.8) is 0 Å². The Morgan fingerprint density at radius 2 is 2.07 bits per heavy atom. The molecule has 1 unspecified atom stereocenters. The summed E-state index contributed by atoms with van der Waals surface area (Å²) in [6.07, 6.45) is 10.3. The molecule has 0 heterocycles. The number of rotatable bonds is 8. The molecule has 0 saturated heterocycles. The quantitative estimate of drug-likeness (QED) is 0.477. The fourth-order valence-electron chi connectivity index (χ4n) is 1.50. The van der Waals surface area contributed by atoms with Crippen molar-refractivity contribution in [2.45, 2.75) is 52.4 Å². The standard InChI is InChI=1S/C12H22O2/c1-3-5-6-7-8-9-10-11(4-2)12(13)14/h3,5,11H,4,6-10H2,1-2H3,(H,13,14). The number of aliphatic carboxylic acids is 1. The van der Waals surface area contributed by atoms with E-state index >= 15 is 0 Å². The van der Waals surface area contributed by atoms with Crippen molar-refractivity contribution < 1.29 is 9.90 Å². The Bertz CT molecular complexity index is 173. The molecule has 14 heavy (non-hydrogen) atoms. The summed E-state index contributed by atoms with van der Waals surface area (Å²) in [6, 6.07) is 0. The predicted octanol–water partition coefficient (Wildman–Crippen LogP) is 3.62. The molecule has 0 radical (unpaired) electrons. The summed E-state index contributed by atoms with van der Waals surface area (Å²) in [5.74, 6) is -0.766. The molecule has 0 aliphatic rings. The van der Waals surface area contributed by atoms with Gasteiger partial charge in [0.1, 0.15) is 0 Å². The second-order valence-electron chi connectivity index (χ2n) is 3.65. The molecule has 1 atom stereocenters. The van der Waals surface area contributed by atoms with Crippen LogP contribution < -0.4 is 0 Å². The Morgan fingerprint density at radius 1 is 1.36 bits per heavy atom. The molecule has 0 aliphatic carbocycles. The molecule has 0 aromatic heterocycles. The molecule has 0 spiro atoms. The Labute approximate surface area is 87.0 Å². The minimum Gasteiger partial charge on any atom is -0.481 e. The Morgan fingerprint density at radius 3 is 2.57 bits per heavy atom. The average Bonchev–Trinajstić information content (AvgIpc) is 2.16. The van der Waals surface area contributed by atoms with Crippen LogP contribution in [0.3, 0.4) is 0 Å². The molecule has 0 bridgehead atoms. The van der Waals surface area contributed by atoms with E-state index in [0.29, 0.717) is 0 Å². The lowest BCUT2D eigenvalue weighted by molar-refractivity contribution is -0.142. The molecule has 0 aliphatic heterocycles. The maximum absolute atomic E-state index is 10.7. The highest BCUT2D eigenvalue weighted by Crippen LogP contribution is 2.14. The lowest BCUT2D eigenvalue weighted by Gasteiger charge is -2.08. The van der Waals surface area contributed by atoms with Crippen LogP contribution >= 0.6 is 0 Å². The maximum Gasteiger partial charge on any atom is 0.306 e. The molecular weight excluding hydrogens is 176 g/mol. The van der Waals surface area contributed by atoms with Gasteiger partial charge in [0.2, 0.25) is 0 Å². The van der Waals surface area contributed by atoms with Gasteiger partial charge in [-0.2, -0.15) is 0 Å². The van der Waals surface area contributed by atoms with Gasteiger partial charge in [0.15, 0.2) is 0 Å². The monoisotopic (exact) mass is 198 g/mol. The Balaban J connectivity index is 3.38. The third-order valence-electron chi connectivity index (χ3n) is 2.50. The normalized spacial score (nSPS) is 13.3. The summed E-state index contributed by atoms with van der Waals surface area (Å²) in [4.78, 5) is 10.7. The van der Waals surface area contributed by atoms with E-state index in [2.05, 4.69) is 12.2 Å². The first-order chi connectivity index (χ1) is 6.72. The molecule has 2 heteroatoms. The largest absolute Gasteiger partial charge is 0.481 e. The first-order valence-corrected chi connectivity index (χ1v) is 5.56. The van der Waals surface area contributed by atoms with Gasteiger partial charge in [0.05, 0.1) is 5.92 Å². The zero-order valence-electron chi connectivity index (χ0n) is 9.33. The van der Waals surface area contributed by atoms with E-state index in [1.807, 2.05) is 13.8 Å². The van der Waals surface area contributed by atoms with Gasteiger partial charge in [-0.15, -0.1) is 0 Å². The van der Waals surface area contributed by atoms with Gasteiger partial charge < -0.3 is 5.11 Å². The SMILES string of the molecule is CC=CCCCCCC(CC)C(=O)O. The van der Waals surface area contributed by atoms with E-state index in [9.17, 15) is 4.79 Å². The molecule has 0 aromatic rings. The van der Waals surface area contributed by atoms with Crippen LogP contribution in [0.5, 0.6) is 0 Å². The van der Waals surface area contributed by atoms with Crippen LogP contribution in [-0.2, 0) is 4.79 Å². The summed E-state index contributed by atoms with van der Waals surface area (Å²) in [7, 11) is 0. The highest BCUT2D eigenvalue weighted by molar-refractivity contribution is 5.69. The number of unbranched alkanes of at least 4 members (excludes halogenated alkanes) is 3. The van der Waals surface area contributed by atoms with Gasteiger partial charge in [-0.3, -0.25) is 4.79 Å². The van der Waals surface area contributed by atoms with Gasteiger partial charge >= 0.3 is 5.97 Å². The van der Waals surface area contributed by atoms with Crippen LogP contribution in [0.2, 0.25) is 0 Å². The average molecular weight is 198 g/mol. The number of carboxylic acids is 1. The fourth-order valence-corrected chi connectivity index (χ4v) is 1.50. The summed E-state index contributed by atoms with van der Waals surface area (Å²) >= 11 is 0. The zero-order valence-corrected chi connectivity index (χ0v) is 9.33. The summed E-state index contributed by atoms with van der Waals surface area (Å²) in [6.45, 7) is 3.97. The van der Waals surface area contributed by atoms with Crippen molar-refractivity contribution in [1.29, 1.82) is 0 Å². The molecule has 0 saturated carbocycles.